The van der Waals surface area contributed by atoms with E-state index in [1.54, 1.807) is 18.2 Å². The molecule has 2 aromatic carbocycles. The summed E-state index contributed by atoms with van der Waals surface area (Å²) < 4.78 is 0. The van der Waals surface area contributed by atoms with Crippen LogP contribution in [-0.2, 0) is 0 Å². The highest BCUT2D eigenvalue weighted by Gasteiger charge is 2.15. The molecule has 0 N–H and O–H groups in total. The predicted molar refractivity (Wildman–Crippen MR) is 60.7 cm³/mol. The van der Waals surface area contributed by atoms with Crippen LogP contribution in [0.25, 0.3) is 16.8 Å². The van der Waals surface area contributed by atoms with Crippen LogP contribution >= 0.6 is 0 Å². The monoisotopic (exact) mass is 199 g/mol. The maximum atomic E-state index is 11.0. The number of benzene rings is 2. The topological polar surface area (TPSA) is 43.1 Å². The highest BCUT2D eigenvalue weighted by molar-refractivity contribution is 5.94. The van der Waals surface area contributed by atoms with Crippen molar-refractivity contribution in [3.8, 4) is 0 Å². The summed E-state index contributed by atoms with van der Waals surface area (Å²) in [7, 11) is 0. The number of hydrogen-bond donors (Lipinski definition) is 0. The summed E-state index contributed by atoms with van der Waals surface area (Å²) in [5.74, 6) is 0. The molecule has 0 aromatic heterocycles. The van der Waals surface area contributed by atoms with Crippen molar-refractivity contribution in [1.82, 2.24) is 0 Å². The van der Waals surface area contributed by atoms with E-state index in [9.17, 15) is 10.1 Å². The quantitative estimate of drug-likeness (QED) is 0.549. The van der Waals surface area contributed by atoms with Crippen molar-refractivity contribution in [1.29, 1.82) is 0 Å². The zero-order chi connectivity index (χ0) is 10.8. The molecule has 0 aliphatic carbocycles. The lowest BCUT2D eigenvalue weighted by molar-refractivity contribution is -0.383. The van der Waals surface area contributed by atoms with Crippen LogP contribution in [0.5, 0.6) is 0 Å². The van der Waals surface area contributed by atoms with Gasteiger partial charge in [0.05, 0.1) is 15.9 Å². The average Bonchev–Trinajstić information content (AvgIpc) is 2.27. The molecule has 0 fully saturated rings. The van der Waals surface area contributed by atoms with Crippen molar-refractivity contribution in [3.63, 3.8) is 0 Å². The van der Waals surface area contributed by atoms with Crippen LogP contribution in [-0.4, -0.2) is 4.92 Å². The second-order valence-electron chi connectivity index (χ2n) is 3.19. The minimum atomic E-state index is -0.362. The summed E-state index contributed by atoms with van der Waals surface area (Å²) >= 11 is 0. The Morgan fingerprint density at radius 3 is 2.60 bits per heavy atom. The standard InChI is InChI=1S/C12H9NO2/c1-2-9-7-8-10-5-3-4-6-11(10)12(9)13(14)15/h2-8H,1H2. The summed E-state index contributed by atoms with van der Waals surface area (Å²) in [5, 5.41) is 12.5. The van der Waals surface area contributed by atoms with Gasteiger partial charge in [-0.15, -0.1) is 0 Å². The Morgan fingerprint density at radius 1 is 1.20 bits per heavy atom. The van der Waals surface area contributed by atoms with E-state index in [4.69, 9.17) is 0 Å². The largest absolute Gasteiger partial charge is 0.284 e. The van der Waals surface area contributed by atoms with Crippen LogP contribution in [0.4, 0.5) is 5.69 Å². The first-order chi connectivity index (χ1) is 7.24. The zero-order valence-corrected chi connectivity index (χ0v) is 8.01. The van der Waals surface area contributed by atoms with Gasteiger partial charge >= 0.3 is 0 Å². The normalized spacial score (nSPS) is 10.1. The molecule has 0 spiro atoms. The Morgan fingerprint density at radius 2 is 1.93 bits per heavy atom. The van der Waals surface area contributed by atoms with Gasteiger partial charge in [0.1, 0.15) is 0 Å². The lowest BCUT2D eigenvalue weighted by atomic mass is 10.0. The van der Waals surface area contributed by atoms with E-state index >= 15 is 0 Å². The van der Waals surface area contributed by atoms with Gasteiger partial charge < -0.3 is 0 Å². The minimum Gasteiger partial charge on any atom is -0.258 e. The van der Waals surface area contributed by atoms with Crippen molar-refractivity contribution < 1.29 is 4.92 Å². The van der Waals surface area contributed by atoms with Crippen molar-refractivity contribution in [2.24, 2.45) is 0 Å². The molecular formula is C12H9NO2. The molecule has 2 aromatic rings. The Hall–Kier alpha value is -2.16. The molecule has 15 heavy (non-hydrogen) atoms. The fourth-order valence-electron chi connectivity index (χ4n) is 1.64. The SMILES string of the molecule is C=Cc1ccc2ccccc2c1[N+](=O)[O-]. The summed E-state index contributed by atoms with van der Waals surface area (Å²) in [4.78, 5) is 10.6. The van der Waals surface area contributed by atoms with E-state index in [1.807, 2.05) is 18.2 Å². The van der Waals surface area contributed by atoms with Crippen LogP contribution in [0.15, 0.2) is 43.0 Å². The second kappa shape index (κ2) is 3.53. The lowest BCUT2D eigenvalue weighted by Gasteiger charge is -2.02. The lowest BCUT2D eigenvalue weighted by Crippen LogP contribution is -1.92. The summed E-state index contributed by atoms with van der Waals surface area (Å²) in [6.45, 7) is 3.58. The molecule has 0 atom stereocenters. The van der Waals surface area contributed by atoms with Crippen LogP contribution in [0.1, 0.15) is 5.56 Å². The Balaban J connectivity index is 2.90. The Bertz CT molecular complexity index is 546. The van der Waals surface area contributed by atoms with Crippen molar-refractivity contribution in [3.05, 3.63) is 58.7 Å². The van der Waals surface area contributed by atoms with E-state index in [-0.39, 0.29) is 10.6 Å². The first-order valence-electron chi connectivity index (χ1n) is 4.52. The molecule has 3 heteroatoms. The third kappa shape index (κ3) is 1.48. The van der Waals surface area contributed by atoms with Gasteiger partial charge in [-0.2, -0.15) is 0 Å². The number of rotatable bonds is 2. The third-order valence-corrected chi connectivity index (χ3v) is 2.33. The smallest absolute Gasteiger partial charge is 0.258 e. The molecule has 3 nitrogen and oxygen atoms in total. The summed E-state index contributed by atoms with van der Waals surface area (Å²) in [5.41, 5.74) is 0.682. The maximum Gasteiger partial charge on any atom is 0.284 e. The number of fused-ring (bicyclic) bond motifs is 1. The highest BCUT2D eigenvalue weighted by atomic mass is 16.6. The van der Waals surface area contributed by atoms with Gasteiger partial charge in [-0.3, -0.25) is 10.1 Å². The van der Waals surface area contributed by atoms with Gasteiger partial charge in [0.15, 0.2) is 0 Å². The van der Waals surface area contributed by atoms with Crippen molar-refractivity contribution in [2.45, 2.75) is 0 Å². The van der Waals surface area contributed by atoms with Gasteiger partial charge in [0.2, 0.25) is 0 Å². The first kappa shape index (κ1) is 9.40. The molecule has 0 saturated carbocycles. The average molecular weight is 199 g/mol. The second-order valence-corrected chi connectivity index (χ2v) is 3.19. The van der Waals surface area contributed by atoms with Crippen molar-refractivity contribution in [2.75, 3.05) is 0 Å². The molecule has 0 radical (unpaired) electrons. The van der Waals surface area contributed by atoms with Crippen LogP contribution in [0.2, 0.25) is 0 Å². The number of hydrogen-bond acceptors (Lipinski definition) is 2. The number of nitrogens with zero attached hydrogens (tertiary/aromatic N) is 1. The third-order valence-electron chi connectivity index (χ3n) is 2.33. The van der Waals surface area contributed by atoms with Crippen LogP contribution in [0.3, 0.4) is 0 Å². The van der Waals surface area contributed by atoms with E-state index in [0.29, 0.717) is 10.9 Å². The van der Waals surface area contributed by atoms with Gasteiger partial charge in [-0.05, 0) is 17.5 Å². The predicted octanol–water partition coefficient (Wildman–Crippen LogP) is 3.39. The Kier molecular flexibility index (Phi) is 2.21. The molecule has 0 aliphatic heterocycles. The van der Waals surface area contributed by atoms with Crippen LogP contribution in [0, 0.1) is 10.1 Å². The minimum absolute atomic E-state index is 0.128. The number of nitro benzene ring substituents is 1. The van der Waals surface area contributed by atoms with Crippen LogP contribution < -0.4 is 0 Å². The van der Waals surface area contributed by atoms with E-state index in [1.165, 1.54) is 6.08 Å². The molecule has 74 valence electrons. The molecule has 2 rings (SSSR count). The number of nitro groups is 1. The highest BCUT2D eigenvalue weighted by Crippen LogP contribution is 2.29. The van der Waals surface area contributed by atoms with Gasteiger partial charge in [-0.1, -0.05) is 36.9 Å². The molecule has 0 aliphatic rings. The molecule has 0 amide bonds. The van der Waals surface area contributed by atoms with Gasteiger partial charge in [0.25, 0.3) is 5.69 Å². The summed E-state index contributed by atoms with van der Waals surface area (Å²) in [6.07, 6.45) is 1.50. The van der Waals surface area contributed by atoms with E-state index in [0.717, 1.165) is 5.39 Å². The molecule has 0 saturated heterocycles. The fourth-order valence-corrected chi connectivity index (χ4v) is 1.64. The maximum absolute atomic E-state index is 11.0. The zero-order valence-electron chi connectivity index (χ0n) is 8.01. The Labute approximate surface area is 86.8 Å². The summed E-state index contributed by atoms with van der Waals surface area (Å²) in [6, 6.07) is 10.8. The first-order valence-corrected chi connectivity index (χ1v) is 4.52. The molecule has 0 heterocycles. The van der Waals surface area contributed by atoms with E-state index < -0.39 is 0 Å². The molecule has 0 bridgehead atoms. The van der Waals surface area contributed by atoms with Gasteiger partial charge in [0, 0.05) is 0 Å². The van der Waals surface area contributed by atoms with Crippen molar-refractivity contribution >= 4 is 22.5 Å². The fraction of sp³-hybridized carbons (Fsp3) is 0. The molecular weight excluding hydrogens is 190 g/mol. The van der Waals surface area contributed by atoms with E-state index in [2.05, 4.69) is 6.58 Å². The van der Waals surface area contributed by atoms with Gasteiger partial charge in [-0.25, -0.2) is 0 Å². The molecule has 0 unspecified atom stereocenters.